The summed E-state index contributed by atoms with van der Waals surface area (Å²) in [5.41, 5.74) is 5.91. The Labute approximate surface area is 163 Å². The van der Waals surface area contributed by atoms with Crippen LogP contribution in [0.1, 0.15) is 33.7 Å². The zero-order valence-electron chi connectivity index (χ0n) is 13.9. The number of nitrogens with one attached hydrogen (secondary N) is 2. The molecule has 2 N–H and O–H groups in total. The average molecular weight is 440 g/mol. The van der Waals surface area contributed by atoms with E-state index < -0.39 is 11.8 Å². The Morgan fingerprint density at radius 2 is 1.92 bits per heavy atom. The van der Waals surface area contributed by atoms with Crippen molar-refractivity contribution in [3.63, 3.8) is 0 Å². The lowest BCUT2D eigenvalue weighted by atomic mass is 10.2. The van der Waals surface area contributed by atoms with Crippen LogP contribution in [0.25, 0.3) is 0 Å². The molecule has 0 aliphatic carbocycles. The van der Waals surface area contributed by atoms with Crippen molar-refractivity contribution in [3.05, 3.63) is 51.2 Å². The smallest absolute Gasteiger partial charge is 0.286 e. The first kappa shape index (κ1) is 18.5. The molecule has 3 amide bonds. The summed E-state index contributed by atoms with van der Waals surface area (Å²) in [5, 5.41) is 0.398. The number of amides is 3. The minimum atomic E-state index is -0.504. The van der Waals surface area contributed by atoms with Gasteiger partial charge in [-0.15, -0.1) is 0 Å². The first-order chi connectivity index (χ1) is 12.4. The first-order valence-electron chi connectivity index (χ1n) is 7.89. The van der Waals surface area contributed by atoms with Crippen LogP contribution in [0.4, 0.5) is 5.69 Å². The number of hydrazine groups is 1. The summed E-state index contributed by atoms with van der Waals surface area (Å²) in [4.78, 5) is 38.0. The Kier molecular flexibility index (Phi) is 5.33. The van der Waals surface area contributed by atoms with Gasteiger partial charge in [0.25, 0.3) is 11.8 Å². The predicted octanol–water partition coefficient (Wildman–Crippen LogP) is 2.64. The van der Waals surface area contributed by atoms with Gasteiger partial charge < -0.3 is 9.47 Å². The van der Waals surface area contributed by atoms with Crippen molar-refractivity contribution < 1.29 is 14.4 Å². The predicted molar refractivity (Wildman–Crippen MR) is 101 cm³/mol. The largest absolute Gasteiger partial charge is 0.345 e. The first-order valence-corrected chi connectivity index (χ1v) is 9.06. The van der Waals surface area contributed by atoms with Crippen molar-refractivity contribution in [2.24, 2.45) is 7.05 Å². The molecule has 0 unspecified atom stereocenters. The number of anilines is 1. The van der Waals surface area contributed by atoms with E-state index in [0.717, 1.165) is 10.9 Å². The molecule has 1 aliphatic heterocycles. The van der Waals surface area contributed by atoms with Gasteiger partial charge in [0.2, 0.25) is 5.91 Å². The van der Waals surface area contributed by atoms with E-state index in [1.54, 1.807) is 40.9 Å². The summed E-state index contributed by atoms with van der Waals surface area (Å²) in [5.74, 6) is -0.973. The van der Waals surface area contributed by atoms with Crippen LogP contribution in [0, 0.1) is 0 Å². The molecule has 0 spiro atoms. The van der Waals surface area contributed by atoms with Gasteiger partial charge in [-0.1, -0.05) is 11.6 Å². The summed E-state index contributed by atoms with van der Waals surface area (Å²) < 4.78 is 2.39. The second-order valence-electron chi connectivity index (χ2n) is 5.88. The lowest BCUT2D eigenvalue weighted by Gasteiger charge is -2.18. The molecule has 0 atom stereocenters. The minimum absolute atomic E-state index is 0.0213. The highest BCUT2D eigenvalue weighted by molar-refractivity contribution is 9.10. The molecular weight excluding hydrogens is 424 g/mol. The number of benzene rings is 1. The van der Waals surface area contributed by atoms with E-state index in [9.17, 15) is 14.4 Å². The van der Waals surface area contributed by atoms with E-state index in [2.05, 4.69) is 26.8 Å². The van der Waals surface area contributed by atoms with Crippen molar-refractivity contribution in [1.82, 2.24) is 15.4 Å². The van der Waals surface area contributed by atoms with E-state index in [1.807, 2.05) is 0 Å². The Balaban J connectivity index is 1.71. The monoisotopic (exact) mass is 438 g/mol. The number of rotatable bonds is 3. The maximum absolute atomic E-state index is 12.3. The molecule has 1 aromatic carbocycles. The molecule has 1 fully saturated rings. The number of hydrogen-bond acceptors (Lipinski definition) is 3. The highest BCUT2D eigenvalue weighted by atomic mass is 79.9. The highest BCUT2D eigenvalue weighted by Gasteiger charge is 2.24. The third kappa shape index (κ3) is 3.76. The molecule has 9 heteroatoms. The number of nitrogens with zero attached hydrogens (tertiary/aromatic N) is 2. The molecule has 2 heterocycles. The van der Waals surface area contributed by atoms with E-state index >= 15 is 0 Å². The summed E-state index contributed by atoms with van der Waals surface area (Å²) in [6.45, 7) is 0.572. The highest BCUT2D eigenvalue weighted by Crippen LogP contribution is 2.30. The summed E-state index contributed by atoms with van der Waals surface area (Å²) in [6.07, 6.45) is 2.96. The average Bonchev–Trinajstić information content (AvgIpc) is 3.17. The van der Waals surface area contributed by atoms with E-state index in [-0.39, 0.29) is 11.5 Å². The lowest BCUT2D eigenvalue weighted by molar-refractivity contribution is -0.117. The van der Waals surface area contributed by atoms with Gasteiger partial charge in [0.1, 0.15) is 5.69 Å². The van der Waals surface area contributed by atoms with Crippen LogP contribution in [-0.4, -0.2) is 28.8 Å². The van der Waals surface area contributed by atoms with Gasteiger partial charge in [-0.25, -0.2) is 0 Å². The van der Waals surface area contributed by atoms with Gasteiger partial charge >= 0.3 is 0 Å². The molecule has 3 rings (SSSR count). The lowest BCUT2D eigenvalue weighted by Crippen LogP contribution is -2.42. The van der Waals surface area contributed by atoms with Crippen LogP contribution in [0.15, 0.2) is 34.9 Å². The van der Waals surface area contributed by atoms with Crippen LogP contribution in [-0.2, 0) is 11.8 Å². The third-order valence-electron chi connectivity index (χ3n) is 4.07. The maximum atomic E-state index is 12.3. The standard InChI is InChI=1S/C17H16BrClN4O3/c1-22-9-11(18)8-14(22)17(26)21-20-16(25)10-4-5-12(19)13(7-10)23-6-2-3-15(23)24/h4-5,7-9H,2-3,6H2,1H3,(H,20,25)(H,21,26). The van der Waals surface area contributed by atoms with Gasteiger partial charge in [-0.3, -0.25) is 25.2 Å². The van der Waals surface area contributed by atoms with Gasteiger partial charge in [-0.05, 0) is 46.6 Å². The zero-order chi connectivity index (χ0) is 18.8. The molecule has 0 saturated carbocycles. The van der Waals surface area contributed by atoms with Crippen molar-refractivity contribution >= 4 is 50.9 Å². The van der Waals surface area contributed by atoms with Crippen LogP contribution < -0.4 is 15.8 Å². The van der Waals surface area contributed by atoms with Gasteiger partial charge in [0, 0.05) is 36.2 Å². The number of carbonyl (C=O) groups is 3. The molecule has 1 aliphatic rings. The Morgan fingerprint density at radius 3 is 2.54 bits per heavy atom. The SMILES string of the molecule is Cn1cc(Br)cc1C(=O)NNC(=O)c1ccc(Cl)c(N2CCCC2=O)c1. The fourth-order valence-electron chi connectivity index (χ4n) is 2.76. The van der Waals surface area contributed by atoms with Crippen LogP contribution >= 0.6 is 27.5 Å². The molecule has 1 saturated heterocycles. The minimum Gasteiger partial charge on any atom is -0.345 e. The van der Waals surface area contributed by atoms with Crippen molar-refractivity contribution in [2.45, 2.75) is 12.8 Å². The molecular formula is C17H16BrClN4O3. The van der Waals surface area contributed by atoms with Crippen LogP contribution in [0.2, 0.25) is 5.02 Å². The zero-order valence-corrected chi connectivity index (χ0v) is 16.2. The van der Waals surface area contributed by atoms with E-state index in [4.69, 9.17) is 11.6 Å². The fourth-order valence-corrected chi connectivity index (χ4v) is 3.51. The second-order valence-corrected chi connectivity index (χ2v) is 7.20. The Hall–Kier alpha value is -2.32. The molecule has 0 radical (unpaired) electrons. The number of halogens is 2. The van der Waals surface area contributed by atoms with Crippen LogP contribution in [0.3, 0.4) is 0 Å². The third-order valence-corrected chi connectivity index (χ3v) is 4.82. The normalized spacial score (nSPS) is 13.8. The van der Waals surface area contributed by atoms with E-state index in [0.29, 0.717) is 29.4 Å². The van der Waals surface area contributed by atoms with Crippen molar-refractivity contribution in [2.75, 3.05) is 11.4 Å². The van der Waals surface area contributed by atoms with Gasteiger partial charge in [0.15, 0.2) is 0 Å². The fraction of sp³-hybridized carbons (Fsp3) is 0.235. The van der Waals surface area contributed by atoms with E-state index in [1.165, 1.54) is 6.07 Å². The molecule has 136 valence electrons. The topological polar surface area (TPSA) is 83.4 Å². The number of aromatic nitrogens is 1. The summed E-state index contributed by atoms with van der Waals surface area (Å²) >= 11 is 9.46. The number of aryl methyl sites for hydroxylation is 1. The maximum Gasteiger partial charge on any atom is 0.286 e. The van der Waals surface area contributed by atoms with Crippen molar-refractivity contribution in [3.8, 4) is 0 Å². The molecule has 2 aromatic rings. The molecule has 7 nitrogen and oxygen atoms in total. The molecule has 0 bridgehead atoms. The Bertz CT molecular complexity index is 896. The van der Waals surface area contributed by atoms with Crippen LogP contribution in [0.5, 0.6) is 0 Å². The van der Waals surface area contributed by atoms with Crippen molar-refractivity contribution in [1.29, 1.82) is 0 Å². The Morgan fingerprint density at radius 1 is 1.19 bits per heavy atom. The molecule has 26 heavy (non-hydrogen) atoms. The number of carbonyl (C=O) groups excluding carboxylic acids is 3. The number of hydrogen-bond donors (Lipinski definition) is 2. The van der Waals surface area contributed by atoms with Gasteiger partial charge in [-0.2, -0.15) is 0 Å². The quantitative estimate of drug-likeness (QED) is 0.721. The summed E-state index contributed by atoms with van der Waals surface area (Å²) in [6, 6.07) is 6.29. The second kappa shape index (κ2) is 7.51. The molecule has 1 aromatic heterocycles. The van der Waals surface area contributed by atoms with Gasteiger partial charge in [0.05, 0.1) is 10.7 Å². The summed E-state index contributed by atoms with van der Waals surface area (Å²) in [7, 11) is 1.72.